The Morgan fingerprint density at radius 3 is 2.29 bits per heavy atom. The van der Waals surface area contributed by atoms with Crippen LogP contribution in [0.25, 0.3) is 0 Å². The molecular formula is C15H21NO. The summed E-state index contributed by atoms with van der Waals surface area (Å²) in [5, 5.41) is 8.94. The summed E-state index contributed by atoms with van der Waals surface area (Å²) in [7, 11) is 0. The van der Waals surface area contributed by atoms with Gasteiger partial charge < -0.3 is 10.0 Å². The highest BCUT2D eigenvalue weighted by atomic mass is 16.2. The molecule has 0 saturated carbocycles. The van der Waals surface area contributed by atoms with Crippen molar-refractivity contribution in [3.05, 3.63) is 28.8 Å². The first kappa shape index (κ1) is 11.1. The molecule has 0 radical (unpaired) electrons. The maximum atomic E-state index is 8.94. The fraction of sp³-hybridized carbons (Fsp3) is 0.600. The van der Waals surface area contributed by atoms with E-state index in [2.05, 4.69) is 17.0 Å². The van der Waals surface area contributed by atoms with E-state index in [4.69, 9.17) is 5.11 Å². The van der Waals surface area contributed by atoms with Gasteiger partial charge in [-0.3, -0.25) is 0 Å². The van der Waals surface area contributed by atoms with E-state index in [-0.39, 0.29) is 0 Å². The number of hydrogen-bond acceptors (Lipinski definition) is 2. The Hall–Kier alpha value is -1.02. The zero-order valence-corrected chi connectivity index (χ0v) is 10.4. The highest BCUT2D eigenvalue weighted by molar-refractivity contribution is 5.64. The van der Waals surface area contributed by atoms with E-state index >= 15 is 0 Å². The smallest absolute Gasteiger partial charge is 0.0434 e. The molecule has 0 saturated heterocycles. The van der Waals surface area contributed by atoms with Crippen LogP contribution in [0.2, 0.25) is 0 Å². The van der Waals surface area contributed by atoms with E-state index in [9.17, 15) is 0 Å². The van der Waals surface area contributed by atoms with E-state index < -0.39 is 0 Å². The van der Waals surface area contributed by atoms with Crippen molar-refractivity contribution < 1.29 is 5.11 Å². The van der Waals surface area contributed by atoms with E-state index in [1.165, 1.54) is 44.3 Å². The molecule has 1 aromatic rings. The Labute approximate surface area is 103 Å². The molecule has 1 aromatic carbocycles. The Morgan fingerprint density at radius 2 is 1.71 bits per heavy atom. The van der Waals surface area contributed by atoms with Crippen LogP contribution >= 0.6 is 0 Å². The van der Waals surface area contributed by atoms with Gasteiger partial charge in [0.2, 0.25) is 0 Å². The van der Waals surface area contributed by atoms with Crippen LogP contribution < -0.4 is 4.90 Å². The van der Waals surface area contributed by atoms with E-state index in [1.54, 1.807) is 16.8 Å². The van der Waals surface area contributed by atoms with Crippen molar-refractivity contribution in [2.45, 2.75) is 38.5 Å². The first-order chi connectivity index (χ1) is 8.38. The third kappa shape index (κ3) is 2.06. The lowest BCUT2D eigenvalue weighted by Crippen LogP contribution is -2.34. The maximum Gasteiger partial charge on any atom is 0.0434 e. The van der Waals surface area contributed by atoms with Crippen molar-refractivity contribution >= 4 is 5.69 Å². The molecule has 2 nitrogen and oxygen atoms in total. The molecule has 0 amide bonds. The van der Waals surface area contributed by atoms with Crippen molar-refractivity contribution in [2.24, 2.45) is 0 Å². The van der Waals surface area contributed by atoms with Gasteiger partial charge in [-0.2, -0.15) is 0 Å². The van der Waals surface area contributed by atoms with E-state index in [1.807, 2.05) is 0 Å². The van der Waals surface area contributed by atoms with Gasteiger partial charge in [-0.1, -0.05) is 12.1 Å². The number of aliphatic hydroxyl groups excluding tert-OH is 1. The Morgan fingerprint density at radius 1 is 1.06 bits per heavy atom. The Balaban J connectivity index is 1.96. The predicted octanol–water partition coefficient (Wildman–Crippen LogP) is 2.31. The van der Waals surface area contributed by atoms with Crippen LogP contribution in [-0.4, -0.2) is 24.8 Å². The van der Waals surface area contributed by atoms with E-state index in [0.29, 0.717) is 6.61 Å². The van der Waals surface area contributed by atoms with Crippen molar-refractivity contribution in [1.82, 2.24) is 0 Å². The molecule has 0 unspecified atom stereocenters. The fourth-order valence-corrected chi connectivity index (χ4v) is 3.30. The summed E-state index contributed by atoms with van der Waals surface area (Å²) in [5.41, 5.74) is 6.09. The summed E-state index contributed by atoms with van der Waals surface area (Å²) < 4.78 is 0. The van der Waals surface area contributed by atoms with Gasteiger partial charge in [0.05, 0.1) is 0 Å². The lowest BCUT2D eigenvalue weighted by Gasteiger charge is -2.37. The van der Waals surface area contributed by atoms with Crippen LogP contribution in [0, 0.1) is 0 Å². The number of anilines is 1. The van der Waals surface area contributed by atoms with Gasteiger partial charge >= 0.3 is 0 Å². The van der Waals surface area contributed by atoms with Crippen molar-refractivity contribution in [2.75, 3.05) is 24.6 Å². The normalized spacial score (nSPS) is 18.1. The second kappa shape index (κ2) is 4.69. The first-order valence-corrected chi connectivity index (χ1v) is 6.89. The molecule has 2 aliphatic heterocycles. The van der Waals surface area contributed by atoms with Crippen LogP contribution in [0.3, 0.4) is 0 Å². The maximum absolute atomic E-state index is 8.94. The summed E-state index contributed by atoms with van der Waals surface area (Å²) in [6, 6.07) is 4.76. The van der Waals surface area contributed by atoms with Gasteiger partial charge in [0.1, 0.15) is 0 Å². The molecule has 0 bridgehead atoms. The van der Waals surface area contributed by atoms with Gasteiger partial charge in [0.25, 0.3) is 0 Å². The van der Waals surface area contributed by atoms with Crippen LogP contribution in [-0.2, 0) is 19.3 Å². The molecular weight excluding hydrogens is 210 g/mol. The zero-order valence-electron chi connectivity index (χ0n) is 10.4. The SMILES string of the molecule is OCCCc1cc2c3c(c1)CCCN3CCC2. The molecule has 0 aliphatic carbocycles. The van der Waals surface area contributed by atoms with Crippen LogP contribution in [0.5, 0.6) is 0 Å². The van der Waals surface area contributed by atoms with Crippen molar-refractivity contribution in [3.8, 4) is 0 Å². The van der Waals surface area contributed by atoms with Crippen molar-refractivity contribution in [1.29, 1.82) is 0 Å². The summed E-state index contributed by atoms with van der Waals surface area (Å²) in [6.45, 7) is 2.80. The molecule has 0 spiro atoms. The summed E-state index contributed by atoms with van der Waals surface area (Å²) in [6.07, 6.45) is 7.00. The lowest BCUT2D eigenvalue weighted by molar-refractivity contribution is 0.288. The monoisotopic (exact) mass is 231 g/mol. The highest BCUT2D eigenvalue weighted by Crippen LogP contribution is 2.36. The number of rotatable bonds is 3. The summed E-state index contributed by atoms with van der Waals surface area (Å²) in [4.78, 5) is 2.58. The molecule has 3 rings (SSSR count). The van der Waals surface area contributed by atoms with Crippen LogP contribution in [0.4, 0.5) is 5.69 Å². The molecule has 92 valence electrons. The highest BCUT2D eigenvalue weighted by Gasteiger charge is 2.23. The number of aliphatic hydroxyl groups is 1. The molecule has 17 heavy (non-hydrogen) atoms. The number of benzene rings is 1. The minimum Gasteiger partial charge on any atom is -0.396 e. The lowest BCUT2D eigenvalue weighted by atomic mass is 9.89. The van der Waals surface area contributed by atoms with Crippen LogP contribution in [0.15, 0.2) is 12.1 Å². The second-order valence-electron chi connectivity index (χ2n) is 5.28. The van der Waals surface area contributed by atoms with Crippen LogP contribution in [0.1, 0.15) is 36.0 Å². The van der Waals surface area contributed by atoms with Gasteiger partial charge in [-0.05, 0) is 55.2 Å². The summed E-state index contributed by atoms with van der Waals surface area (Å²) in [5.74, 6) is 0. The minimum atomic E-state index is 0.304. The quantitative estimate of drug-likeness (QED) is 0.863. The summed E-state index contributed by atoms with van der Waals surface area (Å²) >= 11 is 0. The van der Waals surface area contributed by atoms with Gasteiger partial charge in [0.15, 0.2) is 0 Å². The molecule has 2 heteroatoms. The van der Waals surface area contributed by atoms with Crippen molar-refractivity contribution in [3.63, 3.8) is 0 Å². The third-order valence-electron chi connectivity index (χ3n) is 4.02. The number of aryl methyl sites for hydroxylation is 3. The molecule has 1 N–H and O–H groups in total. The van der Waals surface area contributed by atoms with E-state index in [0.717, 1.165) is 12.8 Å². The van der Waals surface area contributed by atoms with Gasteiger partial charge in [-0.25, -0.2) is 0 Å². The molecule has 0 fully saturated rings. The minimum absolute atomic E-state index is 0.304. The zero-order chi connectivity index (χ0) is 11.7. The fourth-order valence-electron chi connectivity index (χ4n) is 3.30. The average molecular weight is 231 g/mol. The first-order valence-electron chi connectivity index (χ1n) is 6.89. The molecule has 2 aliphatic rings. The number of nitrogens with zero attached hydrogens (tertiary/aromatic N) is 1. The predicted molar refractivity (Wildman–Crippen MR) is 70.7 cm³/mol. The van der Waals surface area contributed by atoms with Gasteiger partial charge in [0, 0.05) is 25.4 Å². The largest absolute Gasteiger partial charge is 0.396 e. The second-order valence-corrected chi connectivity index (χ2v) is 5.28. The standard InChI is InChI=1S/C15H21NO/c17-9-3-4-12-10-13-5-1-7-16-8-2-6-14(11-12)15(13)16/h10-11,17H,1-9H2. The Kier molecular flexibility index (Phi) is 3.06. The molecule has 0 atom stereocenters. The third-order valence-corrected chi connectivity index (χ3v) is 4.02. The molecule has 0 aromatic heterocycles. The topological polar surface area (TPSA) is 23.5 Å². The average Bonchev–Trinajstić information content (AvgIpc) is 2.37. The number of hydrogen-bond donors (Lipinski definition) is 1. The molecule has 2 heterocycles. The van der Waals surface area contributed by atoms with Gasteiger partial charge in [-0.15, -0.1) is 0 Å². The Bertz CT molecular complexity index is 382.